The highest BCUT2D eigenvalue weighted by Crippen LogP contribution is 2.32. The monoisotopic (exact) mass is 410 g/mol. The van der Waals surface area contributed by atoms with Crippen LogP contribution in [0.25, 0.3) is 0 Å². The summed E-state index contributed by atoms with van der Waals surface area (Å²) >= 11 is 0. The number of ether oxygens (including phenoxy) is 2. The van der Waals surface area contributed by atoms with Gasteiger partial charge in [-0.2, -0.15) is 0 Å². The van der Waals surface area contributed by atoms with Crippen LogP contribution in [-0.4, -0.2) is 63.2 Å². The second-order valence-electron chi connectivity index (χ2n) is 7.98. The lowest BCUT2D eigenvalue weighted by Gasteiger charge is -2.39. The lowest BCUT2D eigenvalue weighted by molar-refractivity contribution is 0.0666. The third-order valence-corrected chi connectivity index (χ3v) is 6.09. The van der Waals surface area contributed by atoms with E-state index in [9.17, 15) is 4.79 Å². The fraction of sp³-hybridized carbons (Fsp3) is 0.480. The van der Waals surface area contributed by atoms with E-state index >= 15 is 0 Å². The number of likely N-dealkylation sites (N-methyl/N-ethyl adjacent to an activating group) is 1. The van der Waals surface area contributed by atoms with Gasteiger partial charge in [-0.1, -0.05) is 31.2 Å². The first-order valence-corrected chi connectivity index (χ1v) is 10.9. The summed E-state index contributed by atoms with van der Waals surface area (Å²) in [5, 5.41) is 0. The Kier molecular flexibility index (Phi) is 7.51. The summed E-state index contributed by atoms with van der Waals surface area (Å²) in [6, 6.07) is 16.1. The third-order valence-electron chi connectivity index (χ3n) is 6.09. The van der Waals surface area contributed by atoms with E-state index < -0.39 is 5.54 Å². The van der Waals surface area contributed by atoms with Crippen LogP contribution in [0.1, 0.15) is 36.2 Å². The molecule has 1 unspecified atom stereocenters. The molecular formula is C25H34N2O3. The average Bonchev–Trinajstić information content (AvgIpc) is 2.79. The molecule has 2 aromatic rings. The predicted octanol–water partition coefficient (Wildman–Crippen LogP) is 4.06. The van der Waals surface area contributed by atoms with Crippen molar-refractivity contribution < 1.29 is 14.3 Å². The van der Waals surface area contributed by atoms with Gasteiger partial charge in [-0.15, -0.1) is 0 Å². The summed E-state index contributed by atoms with van der Waals surface area (Å²) < 4.78 is 11.1. The smallest absolute Gasteiger partial charge is 0.185 e. The number of hydrogen-bond donors (Lipinski definition) is 0. The number of nitrogens with zero attached hydrogens (tertiary/aromatic N) is 2. The highest BCUT2D eigenvalue weighted by atomic mass is 16.5. The maximum Gasteiger partial charge on any atom is 0.185 e. The van der Waals surface area contributed by atoms with Crippen molar-refractivity contribution in [2.24, 2.45) is 0 Å². The third kappa shape index (κ3) is 4.68. The molecule has 0 aromatic heterocycles. The Balaban J connectivity index is 1.94. The van der Waals surface area contributed by atoms with E-state index in [-0.39, 0.29) is 5.78 Å². The Morgan fingerprint density at radius 3 is 2.33 bits per heavy atom. The molecule has 1 fully saturated rings. The Morgan fingerprint density at radius 1 is 1.07 bits per heavy atom. The van der Waals surface area contributed by atoms with Gasteiger partial charge in [0, 0.05) is 24.3 Å². The van der Waals surface area contributed by atoms with Crippen LogP contribution in [0.2, 0.25) is 0 Å². The first-order valence-electron chi connectivity index (χ1n) is 10.9. The van der Waals surface area contributed by atoms with Crippen LogP contribution in [0.4, 0.5) is 5.69 Å². The minimum absolute atomic E-state index is 0.172. The molecule has 2 aromatic carbocycles. The summed E-state index contributed by atoms with van der Waals surface area (Å²) in [6.07, 6.45) is 1.38. The Bertz CT molecular complexity index is 829. The molecule has 0 saturated carbocycles. The molecule has 0 aliphatic carbocycles. The SMILES string of the molecule is CCOc1ccc(CC(CC)(C(=O)c2ccccc2N2CCOCC2)N(C)C)cc1. The molecule has 5 nitrogen and oxygen atoms in total. The van der Waals surface area contributed by atoms with Crippen molar-refractivity contribution in [3.63, 3.8) is 0 Å². The van der Waals surface area contributed by atoms with E-state index in [0.29, 0.717) is 26.2 Å². The van der Waals surface area contributed by atoms with Crippen LogP contribution in [0.3, 0.4) is 0 Å². The molecule has 0 amide bonds. The van der Waals surface area contributed by atoms with Gasteiger partial charge in [0.1, 0.15) is 5.75 Å². The van der Waals surface area contributed by atoms with Gasteiger partial charge in [0.25, 0.3) is 0 Å². The topological polar surface area (TPSA) is 42.0 Å². The molecule has 162 valence electrons. The number of rotatable bonds is 9. The van der Waals surface area contributed by atoms with Gasteiger partial charge in [0.2, 0.25) is 0 Å². The Morgan fingerprint density at radius 2 is 1.73 bits per heavy atom. The van der Waals surface area contributed by atoms with E-state index in [0.717, 1.165) is 42.1 Å². The maximum atomic E-state index is 14.1. The zero-order chi connectivity index (χ0) is 21.6. The molecule has 1 saturated heterocycles. The fourth-order valence-electron chi connectivity index (χ4n) is 4.25. The molecule has 0 N–H and O–H groups in total. The highest BCUT2D eigenvalue weighted by molar-refractivity contribution is 6.07. The van der Waals surface area contributed by atoms with Crippen LogP contribution in [-0.2, 0) is 11.2 Å². The van der Waals surface area contributed by atoms with Gasteiger partial charge >= 0.3 is 0 Å². The highest BCUT2D eigenvalue weighted by Gasteiger charge is 2.40. The van der Waals surface area contributed by atoms with Gasteiger partial charge < -0.3 is 14.4 Å². The van der Waals surface area contributed by atoms with Crippen molar-refractivity contribution in [2.45, 2.75) is 32.2 Å². The number of ketones is 1. The molecule has 3 rings (SSSR count). The normalized spacial score (nSPS) is 16.4. The largest absolute Gasteiger partial charge is 0.494 e. The van der Waals surface area contributed by atoms with Gasteiger partial charge in [0.05, 0.1) is 25.4 Å². The van der Waals surface area contributed by atoms with Crippen molar-refractivity contribution in [2.75, 3.05) is 51.9 Å². The standard InChI is InChI=1S/C25H34N2O3/c1-5-25(26(3)4,19-20-11-13-21(14-12-20)30-6-2)24(28)22-9-7-8-10-23(22)27-15-17-29-18-16-27/h7-14H,5-6,15-19H2,1-4H3. The average molecular weight is 411 g/mol. The van der Waals surface area contributed by atoms with Crippen LogP contribution < -0.4 is 9.64 Å². The number of para-hydroxylation sites is 1. The summed E-state index contributed by atoms with van der Waals surface area (Å²) in [5.74, 6) is 1.03. The zero-order valence-corrected chi connectivity index (χ0v) is 18.7. The number of morpholine rings is 1. The van der Waals surface area contributed by atoms with Gasteiger partial charge in [-0.3, -0.25) is 9.69 Å². The number of Topliss-reactive ketones (excluding diaryl/α,β-unsaturated/α-hetero) is 1. The summed E-state index contributed by atoms with van der Waals surface area (Å²) in [4.78, 5) is 18.4. The van der Waals surface area contributed by atoms with Gasteiger partial charge in [-0.25, -0.2) is 0 Å². The molecule has 30 heavy (non-hydrogen) atoms. The summed E-state index contributed by atoms with van der Waals surface area (Å²) in [5.41, 5.74) is 2.32. The number of carbonyl (C=O) groups excluding carboxylic acids is 1. The van der Waals surface area contributed by atoms with E-state index in [4.69, 9.17) is 9.47 Å². The number of benzene rings is 2. The first kappa shape index (κ1) is 22.3. The van der Waals surface area contributed by atoms with Crippen LogP contribution in [0, 0.1) is 0 Å². The lowest BCUT2D eigenvalue weighted by Crippen LogP contribution is -2.53. The minimum Gasteiger partial charge on any atom is -0.494 e. The van der Waals surface area contributed by atoms with Crippen molar-refractivity contribution in [3.8, 4) is 5.75 Å². The second kappa shape index (κ2) is 10.1. The van der Waals surface area contributed by atoms with Crippen molar-refractivity contribution in [3.05, 3.63) is 59.7 Å². The minimum atomic E-state index is -0.616. The van der Waals surface area contributed by atoms with E-state index in [1.807, 2.05) is 51.4 Å². The van der Waals surface area contributed by atoms with Crippen molar-refractivity contribution >= 4 is 11.5 Å². The maximum absolute atomic E-state index is 14.1. The van der Waals surface area contributed by atoms with Crippen LogP contribution in [0.15, 0.2) is 48.5 Å². The molecular weight excluding hydrogens is 376 g/mol. The van der Waals surface area contributed by atoms with Crippen LogP contribution >= 0.6 is 0 Å². The summed E-state index contributed by atoms with van der Waals surface area (Å²) in [6.45, 7) is 7.74. The predicted molar refractivity (Wildman–Crippen MR) is 122 cm³/mol. The Labute approximate surface area is 180 Å². The quantitative estimate of drug-likeness (QED) is 0.583. The number of carbonyl (C=O) groups is 1. The van der Waals surface area contributed by atoms with E-state index in [2.05, 4.69) is 34.9 Å². The van der Waals surface area contributed by atoms with Crippen molar-refractivity contribution in [1.82, 2.24) is 4.90 Å². The molecule has 1 aliphatic rings. The fourth-order valence-corrected chi connectivity index (χ4v) is 4.25. The van der Waals surface area contributed by atoms with Crippen LogP contribution in [0.5, 0.6) is 5.75 Å². The molecule has 1 atom stereocenters. The zero-order valence-electron chi connectivity index (χ0n) is 18.7. The van der Waals surface area contributed by atoms with Crippen molar-refractivity contribution in [1.29, 1.82) is 0 Å². The van der Waals surface area contributed by atoms with E-state index in [1.54, 1.807) is 0 Å². The number of hydrogen-bond acceptors (Lipinski definition) is 5. The molecule has 0 bridgehead atoms. The van der Waals surface area contributed by atoms with Gasteiger partial charge in [-0.05, 0) is 63.7 Å². The van der Waals surface area contributed by atoms with Gasteiger partial charge in [0.15, 0.2) is 5.78 Å². The molecule has 1 aliphatic heterocycles. The lowest BCUT2D eigenvalue weighted by atomic mass is 9.79. The first-order chi connectivity index (χ1) is 14.5. The summed E-state index contributed by atoms with van der Waals surface area (Å²) in [7, 11) is 4.01. The molecule has 0 spiro atoms. The number of anilines is 1. The molecule has 5 heteroatoms. The molecule has 0 radical (unpaired) electrons. The molecule has 1 heterocycles. The Hall–Kier alpha value is -2.37. The second-order valence-corrected chi connectivity index (χ2v) is 7.98. The van der Waals surface area contributed by atoms with E-state index in [1.165, 1.54) is 0 Å².